The number of halogens is 1. The molecule has 0 bridgehead atoms. The van der Waals surface area contributed by atoms with Crippen molar-refractivity contribution in [1.29, 1.82) is 0 Å². The number of ether oxygens (including phenoxy) is 2. The third kappa shape index (κ3) is 2.33. The summed E-state index contributed by atoms with van der Waals surface area (Å²) >= 11 is 0. The molecule has 0 saturated carbocycles. The van der Waals surface area contributed by atoms with E-state index in [0.717, 1.165) is 6.42 Å². The first kappa shape index (κ1) is 11.0. The maximum atomic E-state index is 13.6. The van der Waals surface area contributed by atoms with Crippen LogP contribution in [0.15, 0.2) is 18.2 Å². The molecule has 0 spiro atoms. The van der Waals surface area contributed by atoms with Gasteiger partial charge in [0.15, 0.2) is 11.5 Å². The Morgan fingerprint density at radius 1 is 1.25 bits per heavy atom. The summed E-state index contributed by atoms with van der Waals surface area (Å²) in [6.45, 7) is 1.54. The van der Waals surface area contributed by atoms with Crippen molar-refractivity contribution in [3.8, 4) is 11.5 Å². The van der Waals surface area contributed by atoms with Crippen LogP contribution in [0, 0.1) is 5.82 Å². The van der Waals surface area contributed by atoms with Crippen molar-refractivity contribution < 1.29 is 13.9 Å². The average molecular weight is 223 g/mol. The Morgan fingerprint density at radius 3 is 2.62 bits per heavy atom. The summed E-state index contributed by atoms with van der Waals surface area (Å²) in [6.07, 6.45) is 4.15. The second kappa shape index (κ2) is 4.99. The van der Waals surface area contributed by atoms with Crippen LogP contribution >= 0.6 is 0 Å². The first-order valence-electron chi connectivity index (χ1n) is 5.27. The molecule has 86 valence electrons. The standard InChI is InChI=1S/C12H14FNO2/c13-10-8-12-11(15-5-2-6-16-12)7-9(10)3-1-4-14/h1,3,7-8H,2,4-6,14H2/b3-1+. The Bertz CT molecular complexity index is 404. The van der Waals surface area contributed by atoms with E-state index in [9.17, 15) is 4.39 Å². The van der Waals surface area contributed by atoms with Gasteiger partial charge in [0.1, 0.15) is 5.82 Å². The Hall–Kier alpha value is -1.55. The SMILES string of the molecule is NC/C=C/c1cc2c(cc1F)OCCCO2. The Kier molecular flexibility index (Phi) is 3.41. The maximum absolute atomic E-state index is 13.6. The highest BCUT2D eigenvalue weighted by Gasteiger charge is 2.13. The quantitative estimate of drug-likeness (QED) is 0.833. The summed E-state index contributed by atoms with van der Waals surface area (Å²) in [4.78, 5) is 0. The van der Waals surface area contributed by atoms with Crippen molar-refractivity contribution in [3.63, 3.8) is 0 Å². The molecule has 0 amide bonds. The van der Waals surface area contributed by atoms with Crippen LogP contribution in [-0.4, -0.2) is 19.8 Å². The van der Waals surface area contributed by atoms with E-state index in [4.69, 9.17) is 15.2 Å². The van der Waals surface area contributed by atoms with Crippen LogP contribution in [0.5, 0.6) is 11.5 Å². The molecule has 16 heavy (non-hydrogen) atoms. The minimum atomic E-state index is -0.325. The molecule has 4 heteroatoms. The van der Waals surface area contributed by atoms with Crippen molar-refractivity contribution in [2.24, 2.45) is 5.73 Å². The fourth-order valence-electron chi connectivity index (χ4n) is 1.52. The molecule has 0 radical (unpaired) electrons. The first-order valence-corrected chi connectivity index (χ1v) is 5.27. The van der Waals surface area contributed by atoms with Gasteiger partial charge in [0.25, 0.3) is 0 Å². The molecule has 0 unspecified atom stereocenters. The van der Waals surface area contributed by atoms with Gasteiger partial charge in [0, 0.05) is 24.6 Å². The van der Waals surface area contributed by atoms with Crippen LogP contribution in [0.4, 0.5) is 4.39 Å². The monoisotopic (exact) mass is 223 g/mol. The lowest BCUT2D eigenvalue weighted by Crippen LogP contribution is -1.97. The van der Waals surface area contributed by atoms with E-state index in [1.807, 2.05) is 0 Å². The maximum Gasteiger partial charge on any atom is 0.164 e. The van der Waals surface area contributed by atoms with Gasteiger partial charge in [-0.15, -0.1) is 0 Å². The highest BCUT2D eigenvalue weighted by Crippen LogP contribution is 2.32. The largest absolute Gasteiger partial charge is 0.490 e. The summed E-state index contributed by atoms with van der Waals surface area (Å²) in [7, 11) is 0. The van der Waals surface area contributed by atoms with E-state index in [1.54, 1.807) is 18.2 Å². The molecule has 0 aromatic heterocycles. The highest BCUT2D eigenvalue weighted by atomic mass is 19.1. The van der Waals surface area contributed by atoms with Crippen molar-refractivity contribution in [3.05, 3.63) is 29.6 Å². The zero-order valence-electron chi connectivity index (χ0n) is 8.91. The molecule has 0 saturated heterocycles. The lowest BCUT2D eigenvalue weighted by Gasteiger charge is -2.08. The molecule has 1 heterocycles. The van der Waals surface area contributed by atoms with Crippen LogP contribution in [0.1, 0.15) is 12.0 Å². The molecule has 0 aliphatic carbocycles. The van der Waals surface area contributed by atoms with E-state index in [-0.39, 0.29) is 5.82 Å². The van der Waals surface area contributed by atoms with E-state index < -0.39 is 0 Å². The second-order valence-corrected chi connectivity index (χ2v) is 3.51. The number of fused-ring (bicyclic) bond motifs is 1. The lowest BCUT2D eigenvalue weighted by molar-refractivity contribution is 0.296. The van der Waals surface area contributed by atoms with Crippen LogP contribution < -0.4 is 15.2 Å². The molecule has 3 nitrogen and oxygen atoms in total. The molecule has 0 atom stereocenters. The zero-order chi connectivity index (χ0) is 11.4. The van der Waals surface area contributed by atoms with Crippen LogP contribution in [0.3, 0.4) is 0 Å². The highest BCUT2D eigenvalue weighted by molar-refractivity contribution is 5.57. The smallest absolute Gasteiger partial charge is 0.164 e. The Labute approximate surface area is 93.7 Å². The van der Waals surface area contributed by atoms with Crippen molar-refractivity contribution in [2.75, 3.05) is 19.8 Å². The molecule has 2 N–H and O–H groups in total. The van der Waals surface area contributed by atoms with Gasteiger partial charge in [-0.05, 0) is 6.07 Å². The molecular weight excluding hydrogens is 209 g/mol. The van der Waals surface area contributed by atoms with Gasteiger partial charge in [-0.25, -0.2) is 4.39 Å². The number of nitrogens with two attached hydrogens (primary N) is 1. The van der Waals surface area contributed by atoms with Crippen LogP contribution in [0.25, 0.3) is 6.08 Å². The predicted molar refractivity (Wildman–Crippen MR) is 60.1 cm³/mol. The Balaban J connectivity index is 2.35. The summed E-state index contributed by atoms with van der Waals surface area (Å²) in [5, 5.41) is 0. The normalized spacial score (nSPS) is 15.1. The number of rotatable bonds is 2. The third-order valence-electron chi connectivity index (χ3n) is 2.30. The fourth-order valence-corrected chi connectivity index (χ4v) is 1.52. The van der Waals surface area contributed by atoms with E-state index in [2.05, 4.69) is 0 Å². The van der Waals surface area contributed by atoms with Crippen molar-refractivity contribution in [2.45, 2.75) is 6.42 Å². The molecule has 1 aliphatic rings. The number of benzene rings is 1. The van der Waals surface area contributed by atoms with Gasteiger partial charge in [0.2, 0.25) is 0 Å². The van der Waals surface area contributed by atoms with Gasteiger partial charge < -0.3 is 15.2 Å². The molecule has 1 aromatic rings. The second-order valence-electron chi connectivity index (χ2n) is 3.51. The number of hydrogen-bond donors (Lipinski definition) is 1. The fraction of sp³-hybridized carbons (Fsp3) is 0.333. The van der Waals surface area contributed by atoms with E-state index >= 15 is 0 Å². The van der Waals surface area contributed by atoms with Gasteiger partial charge in [-0.1, -0.05) is 12.2 Å². The predicted octanol–water partition coefficient (Wildman–Crippen LogP) is 1.96. The first-order chi connectivity index (χ1) is 7.81. The molecule has 1 aliphatic heterocycles. The summed E-state index contributed by atoms with van der Waals surface area (Å²) in [5.74, 6) is 0.740. The molecule has 2 rings (SSSR count). The molecule has 1 aromatic carbocycles. The summed E-state index contributed by atoms with van der Waals surface area (Å²) < 4.78 is 24.4. The van der Waals surface area contributed by atoms with E-state index in [1.165, 1.54) is 6.07 Å². The number of hydrogen-bond acceptors (Lipinski definition) is 3. The lowest BCUT2D eigenvalue weighted by atomic mass is 10.1. The van der Waals surface area contributed by atoms with E-state index in [0.29, 0.717) is 36.8 Å². The molecule has 0 fully saturated rings. The minimum absolute atomic E-state index is 0.325. The van der Waals surface area contributed by atoms with Gasteiger partial charge >= 0.3 is 0 Å². The Morgan fingerprint density at radius 2 is 1.94 bits per heavy atom. The minimum Gasteiger partial charge on any atom is -0.490 e. The third-order valence-corrected chi connectivity index (χ3v) is 2.30. The van der Waals surface area contributed by atoms with Crippen molar-refractivity contribution >= 4 is 6.08 Å². The van der Waals surface area contributed by atoms with Crippen LogP contribution in [-0.2, 0) is 0 Å². The topological polar surface area (TPSA) is 44.5 Å². The zero-order valence-corrected chi connectivity index (χ0v) is 8.91. The molecular formula is C12H14FNO2. The average Bonchev–Trinajstić information content (AvgIpc) is 2.50. The van der Waals surface area contributed by atoms with Crippen LogP contribution in [0.2, 0.25) is 0 Å². The van der Waals surface area contributed by atoms with Gasteiger partial charge in [0.05, 0.1) is 13.2 Å². The van der Waals surface area contributed by atoms with Gasteiger partial charge in [-0.2, -0.15) is 0 Å². The summed E-state index contributed by atoms with van der Waals surface area (Å²) in [5.41, 5.74) is 5.79. The van der Waals surface area contributed by atoms with Crippen molar-refractivity contribution in [1.82, 2.24) is 0 Å². The summed E-state index contributed by atoms with van der Waals surface area (Å²) in [6, 6.07) is 3.00. The van der Waals surface area contributed by atoms with Gasteiger partial charge in [-0.3, -0.25) is 0 Å².